The molecular weight excluding hydrogens is 640 g/mol. The summed E-state index contributed by atoms with van der Waals surface area (Å²) in [5.41, 5.74) is -0.514. The smallest absolute Gasteiger partial charge is 0.319 e. The highest BCUT2D eigenvalue weighted by Crippen LogP contribution is 2.51. The second-order valence-corrected chi connectivity index (χ2v) is 15.6. The zero-order valence-electron chi connectivity index (χ0n) is 29.2. The fraction of sp³-hybridized carbons (Fsp3) is 0.564. The molecule has 4 fully saturated rings. The van der Waals surface area contributed by atoms with Gasteiger partial charge in [0.2, 0.25) is 0 Å². The summed E-state index contributed by atoms with van der Waals surface area (Å²) >= 11 is 0. The van der Waals surface area contributed by atoms with Crippen LogP contribution < -0.4 is 9.64 Å². The number of anilines is 1. The first-order valence-electron chi connectivity index (χ1n) is 18.3. The highest BCUT2D eigenvalue weighted by Gasteiger charge is 2.51. The molecule has 0 bridgehead atoms. The number of β-amino-alcohol motifs (C(OH)–C–C–N with tert-alkyl or cyclic N) is 1. The third-order valence-corrected chi connectivity index (χ3v) is 11.8. The molecule has 0 unspecified atom stereocenters. The Kier molecular flexibility index (Phi) is 8.59. The van der Waals surface area contributed by atoms with E-state index in [4.69, 9.17) is 19.4 Å². The van der Waals surface area contributed by atoms with Gasteiger partial charge in [-0.15, -0.1) is 0 Å². The van der Waals surface area contributed by atoms with E-state index < -0.39 is 17.2 Å². The van der Waals surface area contributed by atoms with E-state index in [0.29, 0.717) is 65.8 Å². The molecule has 4 aliphatic rings. The lowest BCUT2D eigenvalue weighted by Crippen LogP contribution is -2.58. The van der Waals surface area contributed by atoms with Gasteiger partial charge in [-0.2, -0.15) is 9.97 Å². The number of pyridine rings is 1. The molecule has 2 aromatic heterocycles. The molecule has 8 rings (SSSR count). The van der Waals surface area contributed by atoms with Gasteiger partial charge >= 0.3 is 6.01 Å². The number of aromatic hydroxyl groups is 1. The SMILES string of the molecule is CCc1c(F)ccc2cc(O)cc(-c3ncc4c(N5CCOC[C@@](C)(O)C5)nc(OC[C@]56CCC[C@H]5N(C5CC(C)C5)CCC6)nc4c3F)c12. The Bertz CT molecular complexity index is 1930. The standard InChI is InChI=1S/C39H47F2N5O4/c1-4-27-30(40)9-8-24-17-26(47)18-28(32(24)27)34-33(41)35-29(19-42-34)36(45-13-14-49-21-38(3,48)20-45)44-37(43-35)50-22-39-10-5-7-31(39)46(12-6-11-39)25-15-23(2)16-25/h8-9,17-19,23,25,31,47-48H,4-7,10-16,20-22H2,1-3H3/t23?,25?,31-,38+,39-/m1/s1. The van der Waals surface area contributed by atoms with Gasteiger partial charge in [-0.3, -0.25) is 9.88 Å². The molecule has 2 N–H and O–H groups in total. The van der Waals surface area contributed by atoms with Crippen LogP contribution in [0.4, 0.5) is 14.6 Å². The van der Waals surface area contributed by atoms with Gasteiger partial charge in [0.25, 0.3) is 0 Å². The number of aromatic nitrogens is 3. The molecule has 0 spiro atoms. The zero-order valence-corrected chi connectivity index (χ0v) is 29.2. The lowest BCUT2D eigenvalue weighted by Gasteiger charge is -2.53. The maximum absolute atomic E-state index is 17.1. The van der Waals surface area contributed by atoms with E-state index in [2.05, 4.69) is 16.8 Å². The summed E-state index contributed by atoms with van der Waals surface area (Å²) < 4.78 is 44.4. The van der Waals surface area contributed by atoms with Crippen molar-refractivity contribution in [2.75, 3.05) is 44.4 Å². The minimum absolute atomic E-state index is 0.0138. The molecule has 11 heteroatoms. The average molecular weight is 688 g/mol. The van der Waals surface area contributed by atoms with Crippen molar-refractivity contribution in [1.29, 1.82) is 0 Å². The summed E-state index contributed by atoms with van der Waals surface area (Å²) in [5, 5.41) is 23.2. The predicted octanol–water partition coefficient (Wildman–Crippen LogP) is 6.79. The van der Waals surface area contributed by atoms with Gasteiger partial charge in [0.15, 0.2) is 5.82 Å². The van der Waals surface area contributed by atoms with Crippen molar-refractivity contribution in [2.45, 2.75) is 89.8 Å². The van der Waals surface area contributed by atoms with Gasteiger partial charge in [-0.25, -0.2) is 8.78 Å². The molecule has 266 valence electrons. The third-order valence-electron chi connectivity index (χ3n) is 11.8. The van der Waals surface area contributed by atoms with Crippen LogP contribution in [0.25, 0.3) is 32.9 Å². The molecule has 50 heavy (non-hydrogen) atoms. The molecule has 2 saturated carbocycles. The largest absolute Gasteiger partial charge is 0.508 e. The van der Waals surface area contributed by atoms with Crippen LogP contribution in [0, 0.1) is 23.0 Å². The van der Waals surface area contributed by atoms with Crippen LogP contribution in [0.5, 0.6) is 11.8 Å². The van der Waals surface area contributed by atoms with E-state index in [1.807, 2.05) is 11.8 Å². The highest BCUT2D eigenvalue weighted by atomic mass is 19.1. The van der Waals surface area contributed by atoms with Crippen molar-refractivity contribution < 1.29 is 28.5 Å². The summed E-state index contributed by atoms with van der Waals surface area (Å²) in [6.07, 6.45) is 9.99. The number of aliphatic hydroxyl groups is 1. The normalized spacial score (nSPS) is 28.8. The first kappa shape index (κ1) is 33.5. The Hall–Kier alpha value is -3.67. The van der Waals surface area contributed by atoms with Crippen molar-refractivity contribution in [3.8, 4) is 23.0 Å². The summed E-state index contributed by atoms with van der Waals surface area (Å²) in [5.74, 6) is -0.00868. The number of benzene rings is 2. The van der Waals surface area contributed by atoms with E-state index in [0.717, 1.165) is 44.6 Å². The molecule has 3 atom stereocenters. The van der Waals surface area contributed by atoms with Crippen LogP contribution in [0.3, 0.4) is 0 Å². The van der Waals surface area contributed by atoms with Crippen LogP contribution in [0.1, 0.15) is 71.3 Å². The van der Waals surface area contributed by atoms with Gasteiger partial charge in [0, 0.05) is 35.8 Å². The Morgan fingerprint density at radius 2 is 1.92 bits per heavy atom. The molecule has 2 saturated heterocycles. The number of ether oxygens (including phenoxy) is 2. The number of hydrogen-bond acceptors (Lipinski definition) is 9. The number of phenolic OH excluding ortho intramolecular Hbond substituents is 1. The number of phenols is 1. The second kappa shape index (κ2) is 12.8. The Labute approximate surface area is 291 Å². The number of hydrogen-bond donors (Lipinski definition) is 2. The lowest BCUT2D eigenvalue weighted by atomic mass is 9.72. The van der Waals surface area contributed by atoms with Gasteiger partial charge < -0.3 is 24.6 Å². The van der Waals surface area contributed by atoms with Gasteiger partial charge in [-0.05, 0) is 98.9 Å². The molecule has 0 radical (unpaired) electrons. The minimum atomic E-state index is -1.16. The van der Waals surface area contributed by atoms with Crippen molar-refractivity contribution in [2.24, 2.45) is 11.3 Å². The summed E-state index contributed by atoms with van der Waals surface area (Å²) in [4.78, 5) is 18.8. The molecular formula is C39H47F2N5O4. The van der Waals surface area contributed by atoms with E-state index >= 15 is 8.78 Å². The van der Waals surface area contributed by atoms with Crippen LogP contribution in [-0.4, -0.2) is 87.2 Å². The van der Waals surface area contributed by atoms with E-state index in [-0.39, 0.29) is 47.1 Å². The van der Waals surface area contributed by atoms with Gasteiger partial charge in [0.1, 0.15) is 34.2 Å². The number of piperidine rings is 1. The Morgan fingerprint density at radius 3 is 2.72 bits per heavy atom. The van der Waals surface area contributed by atoms with E-state index in [1.165, 1.54) is 31.2 Å². The molecule has 2 aliphatic heterocycles. The molecule has 2 aromatic carbocycles. The summed E-state index contributed by atoms with van der Waals surface area (Å²) in [7, 11) is 0. The van der Waals surface area contributed by atoms with E-state index in [1.54, 1.807) is 19.1 Å². The lowest BCUT2D eigenvalue weighted by molar-refractivity contribution is -0.0511. The zero-order chi connectivity index (χ0) is 34.8. The first-order valence-corrected chi connectivity index (χ1v) is 18.3. The fourth-order valence-corrected chi connectivity index (χ4v) is 9.45. The van der Waals surface area contributed by atoms with Crippen LogP contribution in [-0.2, 0) is 11.2 Å². The van der Waals surface area contributed by atoms with Crippen molar-refractivity contribution in [3.63, 3.8) is 0 Å². The van der Waals surface area contributed by atoms with Crippen LogP contribution in [0.2, 0.25) is 0 Å². The van der Waals surface area contributed by atoms with Crippen molar-refractivity contribution >= 4 is 27.5 Å². The third kappa shape index (κ3) is 5.84. The monoisotopic (exact) mass is 687 g/mol. The Morgan fingerprint density at radius 1 is 1.10 bits per heavy atom. The molecule has 4 heterocycles. The quantitative estimate of drug-likeness (QED) is 0.217. The number of halogens is 2. The molecule has 4 aromatic rings. The maximum Gasteiger partial charge on any atom is 0.319 e. The Balaban J connectivity index is 1.23. The summed E-state index contributed by atoms with van der Waals surface area (Å²) in [6, 6.07) is 7.09. The maximum atomic E-state index is 17.1. The van der Waals surface area contributed by atoms with Gasteiger partial charge in [-0.1, -0.05) is 26.3 Å². The highest BCUT2D eigenvalue weighted by molar-refractivity contribution is 6.01. The topological polar surface area (TPSA) is 104 Å². The number of aryl methyl sites for hydroxylation is 1. The minimum Gasteiger partial charge on any atom is -0.508 e. The molecule has 0 amide bonds. The van der Waals surface area contributed by atoms with Gasteiger partial charge in [0.05, 0.1) is 31.8 Å². The molecule has 2 aliphatic carbocycles. The first-order chi connectivity index (χ1) is 24.1. The van der Waals surface area contributed by atoms with Crippen molar-refractivity contribution in [1.82, 2.24) is 19.9 Å². The number of fused-ring (bicyclic) bond motifs is 3. The molecule has 9 nitrogen and oxygen atoms in total. The fourth-order valence-electron chi connectivity index (χ4n) is 9.45. The van der Waals surface area contributed by atoms with E-state index in [9.17, 15) is 10.2 Å². The number of nitrogens with zero attached hydrogens (tertiary/aromatic N) is 5. The second-order valence-electron chi connectivity index (χ2n) is 15.6. The van der Waals surface area contributed by atoms with Crippen molar-refractivity contribution in [3.05, 3.63) is 47.7 Å². The summed E-state index contributed by atoms with van der Waals surface area (Å²) in [6.45, 7) is 8.59. The average Bonchev–Trinajstić information content (AvgIpc) is 3.43. The van der Waals surface area contributed by atoms with Crippen LogP contribution in [0.15, 0.2) is 30.5 Å². The van der Waals surface area contributed by atoms with Crippen LogP contribution >= 0.6 is 0 Å². The number of rotatable bonds is 7. The predicted molar refractivity (Wildman–Crippen MR) is 189 cm³/mol. The number of likely N-dealkylation sites (tertiary alicyclic amines) is 1.